The van der Waals surface area contributed by atoms with Gasteiger partial charge in [0, 0.05) is 30.5 Å². The molecule has 1 aliphatic heterocycles. The monoisotopic (exact) mass is 487 g/mol. The molecule has 0 radical (unpaired) electrons. The highest BCUT2D eigenvalue weighted by atomic mass is 32.2. The molecule has 2 aromatic carbocycles. The first-order valence-corrected chi connectivity index (χ1v) is 12.7. The van der Waals surface area contributed by atoms with Gasteiger partial charge in [0.25, 0.3) is 0 Å². The summed E-state index contributed by atoms with van der Waals surface area (Å²) in [5, 5.41) is 4.97. The third kappa shape index (κ3) is 5.18. The van der Waals surface area contributed by atoms with Crippen LogP contribution < -0.4 is 14.8 Å². The standard InChI is InChI=1S/C23H25N3O5S2/c1-15-5-7-18(16(2)11-15)19-14-32-23(24-19)25-22(27)13-26(3)33(28,29)17-6-8-20-21(12-17)31-10-4-9-30-20/h5-8,11-12,14H,4,9-10,13H2,1-3H3,(H,24,25,27). The first-order chi connectivity index (χ1) is 15.7. The van der Waals surface area contributed by atoms with Crippen LogP contribution in [0.5, 0.6) is 11.5 Å². The molecule has 2 heterocycles. The number of rotatable bonds is 6. The Labute approximate surface area is 197 Å². The Hall–Kier alpha value is -2.95. The molecule has 10 heteroatoms. The Kier molecular flexibility index (Phi) is 6.68. The summed E-state index contributed by atoms with van der Waals surface area (Å²) in [6, 6.07) is 10.5. The van der Waals surface area contributed by atoms with Crippen LogP contribution in [-0.2, 0) is 14.8 Å². The highest BCUT2D eigenvalue weighted by Gasteiger charge is 2.25. The highest BCUT2D eigenvalue weighted by molar-refractivity contribution is 7.89. The molecule has 0 saturated heterocycles. The van der Waals surface area contributed by atoms with E-state index < -0.39 is 15.9 Å². The molecule has 0 aliphatic carbocycles. The van der Waals surface area contributed by atoms with E-state index in [1.165, 1.54) is 30.5 Å². The summed E-state index contributed by atoms with van der Waals surface area (Å²) >= 11 is 1.29. The summed E-state index contributed by atoms with van der Waals surface area (Å²) in [4.78, 5) is 17.1. The Morgan fingerprint density at radius 1 is 1.12 bits per heavy atom. The quantitative estimate of drug-likeness (QED) is 0.567. The van der Waals surface area contributed by atoms with Crippen molar-refractivity contribution < 1.29 is 22.7 Å². The molecule has 8 nitrogen and oxygen atoms in total. The zero-order valence-electron chi connectivity index (χ0n) is 18.6. The Bertz CT molecular complexity index is 1290. The number of sulfonamides is 1. The molecule has 1 N–H and O–H groups in total. The molecule has 33 heavy (non-hydrogen) atoms. The minimum atomic E-state index is -3.90. The van der Waals surface area contributed by atoms with Crippen LogP contribution in [0.4, 0.5) is 5.13 Å². The number of carbonyl (C=O) groups is 1. The van der Waals surface area contributed by atoms with E-state index in [4.69, 9.17) is 9.47 Å². The SMILES string of the molecule is Cc1ccc(-c2csc(NC(=O)CN(C)S(=O)(=O)c3ccc4c(c3)OCCCO4)n2)c(C)c1. The first kappa shape index (κ1) is 23.2. The molecule has 0 atom stereocenters. The van der Waals surface area contributed by atoms with Crippen molar-refractivity contribution in [2.45, 2.75) is 25.2 Å². The van der Waals surface area contributed by atoms with Gasteiger partial charge in [0.05, 0.1) is 30.3 Å². The number of carbonyl (C=O) groups excluding carboxylic acids is 1. The second-order valence-electron chi connectivity index (χ2n) is 7.82. The van der Waals surface area contributed by atoms with Gasteiger partial charge in [0.15, 0.2) is 16.6 Å². The number of anilines is 1. The fraction of sp³-hybridized carbons (Fsp3) is 0.304. The van der Waals surface area contributed by atoms with E-state index in [1.54, 1.807) is 6.07 Å². The molecule has 1 aliphatic rings. The first-order valence-electron chi connectivity index (χ1n) is 10.4. The van der Waals surface area contributed by atoms with Gasteiger partial charge in [0.2, 0.25) is 15.9 Å². The lowest BCUT2D eigenvalue weighted by molar-refractivity contribution is -0.116. The van der Waals surface area contributed by atoms with E-state index in [1.807, 2.05) is 31.4 Å². The number of amides is 1. The average molecular weight is 488 g/mol. The predicted octanol–water partition coefficient (Wildman–Crippen LogP) is 3.85. The van der Waals surface area contributed by atoms with Crippen molar-refractivity contribution >= 4 is 32.4 Å². The van der Waals surface area contributed by atoms with Crippen LogP contribution in [0, 0.1) is 13.8 Å². The lowest BCUT2D eigenvalue weighted by atomic mass is 10.0. The molecule has 3 aromatic rings. The van der Waals surface area contributed by atoms with Crippen molar-refractivity contribution in [2.24, 2.45) is 0 Å². The molecule has 0 fully saturated rings. The molecular weight excluding hydrogens is 462 g/mol. The number of thiazole rings is 1. The number of ether oxygens (including phenoxy) is 2. The second kappa shape index (κ2) is 9.50. The van der Waals surface area contributed by atoms with E-state index >= 15 is 0 Å². The van der Waals surface area contributed by atoms with Crippen LogP contribution in [0.1, 0.15) is 17.5 Å². The minimum absolute atomic E-state index is 0.0356. The smallest absolute Gasteiger partial charge is 0.243 e. The van der Waals surface area contributed by atoms with Crippen molar-refractivity contribution in [1.82, 2.24) is 9.29 Å². The Morgan fingerprint density at radius 3 is 2.64 bits per heavy atom. The van der Waals surface area contributed by atoms with E-state index in [2.05, 4.69) is 16.4 Å². The molecule has 174 valence electrons. The summed E-state index contributed by atoms with van der Waals surface area (Å²) in [5.41, 5.74) is 4.02. The predicted molar refractivity (Wildman–Crippen MR) is 128 cm³/mol. The van der Waals surface area contributed by atoms with Gasteiger partial charge in [-0.25, -0.2) is 13.4 Å². The number of hydrogen-bond donors (Lipinski definition) is 1. The summed E-state index contributed by atoms with van der Waals surface area (Å²) < 4.78 is 38.1. The number of nitrogens with zero attached hydrogens (tertiary/aromatic N) is 2. The number of aryl methyl sites for hydroxylation is 2. The van der Waals surface area contributed by atoms with Crippen molar-refractivity contribution in [3.05, 3.63) is 52.9 Å². The van der Waals surface area contributed by atoms with Gasteiger partial charge in [-0.2, -0.15) is 4.31 Å². The third-order valence-electron chi connectivity index (χ3n) is 5.20. The lowest BCUT2D eigenvalue weighted by Gasteiger charge is -2.17. The lowest BCUT2D eigenvalue weighted by Crippen LogP contribution is -2.35. The van der Waals surface area contributed by atoms with Gasteiger partial charge in [-0.05, 0) is 31.5 Å². The van der Waals surface area contributed by atoms with E-state index in [0.717, 1.165) is 33.1 Å². The largest absolute Gasteiger partial charge is 0.490 e. The molecule has 0 saturated carbocycles. The van der Waals surface area contributed by atoms with Crippen molar-refractivity contribution in [3.63, 3.8) is 0 Å². The number of benzene rings is 2. The molecule has 0 unspecified atom stereocenters. The second-order valence-corrected chi connectivity index (χ2v) is 10.7. The van der Waals surface area contributed by atoms with Gasteiger partial charge in [-0.3, -0.25) is 4.79 Å². The molecule has 1 amide bonds. The molecule has 1 aromatic heterocycles. The van der Waals surface area contributed by atoms with Crippen LogP contribution in [0.3, 0.4) is 0 Å². The highest BCUT2D eigenvalue weighted by Crippen LogP contribution is 2.33. The summed E-state index contributed by atoms with van der Waals surface area (Å²) in [6.45, 7) is 4.66. The topological polar surface area (TPSA) is 97.8 Å². The minimum Gasteiger partial charge on any atom is -0.490 e. The van der Waals surface area contributed by atoms with Crippen molar-refractivity contribution in [2.75, 3.05) is 32.1 Å². The van der Waals surface area contributed by atoms with Gasteiger partial charge in [-0.1, -0.05) is 23.8 Å². The van der Waals surface area contributed by atoms with Crippen LogP contribution in [0.25, 0.3) is 11.3 Å². The van der Waals surface area contributed by atoms with Crippen LogP contribution in [0.2, 0.25) is 0 Å². The molecule has 4 rings (SSSR count). The van der Waals surface area contributed by atoms with E-state index in [0.29, 0.717) is 29.8 Å². The average Bonchev–Trinajstić information content (AvgIpc) is 3.08. The number of aromatic nitrogens is 1. The van der Waals surface area contributed by atoms with Crippen LogP contribution >= 0.6 is 11.3 Å². The van der Waals surface area contributed by atoms with Gasteiger partial charge in [0.1, 0.15) is 0 Å². The number of fused-ring (bicyclic) bond motifs is 1. The number of hydrogen-bond acceptors (Lipinski definition) is 7. The maximum atomic E-state index is 13.0. The normalized spacial score (nSPS) is 13.6. The van der Waals surface area contributed by atoms with Crippen LogP contribution in [0.15, 0.2) is 46.7 Å². The summed E-state index contributed by atoms with van der Waals surface area (Å²) in [6.07, 6.45) is 0.721. The zero-order valence-corrected chi connectivity index (χ0v) is 20.3. The zero-order chi connectivity index (χ0) is 23.6. The summed E-state index contributed by atoms with van der Waals surface area (Å²) in [7, 11) is -2.54. The van der Waals surface area contributed by atoms with Crippen LogP contribution in [-0.4, -0.2) is 50.4 Å². The maximum Gasteiger partial charge on any atom is 0.243 e. The van der Waals surface area contributed by atoms with Gasteiger partial charge in [-0.15, -0.1) is 11.3 Å². The van der Waals surface area contributed by atoms with Crippen molar-refractivity contribution in [1.29, 1.82) is 0 Å². The fourth-order valence-electron chi connectivity index (χ4n) is 3.49. The molecular formula is C23H25N3O5S2. The number of likely N-dealkylation sites (N-methyl/N-ethyl adjacent to an activating group) is 1. The van der Waals surface area contributed by atoms with Gasteiger partial charge < -0.3 is 14.8 Å². The van der Waals surface area contributed by atoms with E-state index in [9.17, 15) is 13.2 Å². The Balaban J connectivity index is 1.43. The fourth-order valence-corrected chi connectivity index (χ4v) is 5.36. The Morgan fingerprint density at radius 2 is 1.88 bits per heavy atom. The molecule has 0 spiro atoms. The van der Waals surface area contributed by atoms with Crippen molar-refractivity contribution in [3.8, 4) is 22.8 Å². The van der Waals surface area contributed by atoms with Gasteiger partial charge >= 0.3 is 0 Å². The maximum absolute atomic E-state index is 13.0. The third-order valence-corrected chi connectivity index (χ3v) is 7.76. The number of nitrogens with one attached hydrogen (secondary N) is 1. The molecule has 0 bridgehead atoms. The summed E-state index contributed by atoms with van der Waals surface area (Å²) in [5.74, 6) is 0.417. The van der Waals surface area contributed by atoms with E-state index in [-0.39, 0.29) is 11.4 Å².